The predicted octanol–water partition coefficient (Wildman–Crippen LogP) is 2.85. The first kappa shape index (κ1) is 8.11. The average Bonchev–Trinajstić information content (AvgIpc) is 2.81. The van der Waals surface area contributed by atoms with E-state index in [0.29, 0.717) is 4.83 Å². The van der Waals surface area contributed by atoms with Crippen LogP contribution in [-0.2, 0) is 0 Å². The molecule has 0 aliphatic heterocycles. The molecule has 0 spiro atoms. The summed E-state index contributed by atoms with van der Waals surface area (Å²) in [7, 11) is 0. The van der Waals surface area contributed by atoms with Crippen LogP contribution in [-0.4, -0.2) is 11.4 Å². The summed E-state index contributed by atoms with van der Waals surface area (Å²) in [5, 5.41) is 0. The van der Waals surface area contributed by atoms with Gasteiger partial charge in [-0.25, -0.2) is 0 Å². The highest BCUT2D eigenvalue weighted by atomic mass is 79.9. The molecule has 0 heterocycles. The summed E-state index contributed by atoms with van der Waals surface area (Å²) >= 11 is 3.54. The van der Waals surface area contributed by atoms with Crippen molar-refractivity contribution in [1.82, 2.24) is 0 Å². The lowest BCUT2D eigenvalue weighted by Crippen LogP contribution is -2.00. The Morgan fingerprint density at radius 3 is 2.58 bits per heavy atom. The SMILES string of the molecule is Br[C@@H]1C[C@H]1COc1ccccc1. The monoisotopic (exact) mass is 226 g/mol. The van der Waals surface area contributed by atoms with Gasteiger partial charge in [0, 0.05) is 10.7 Å². The van der Waals surface area contributed by atoms with Gasteiger partial charge < -0.3 is 4.74 Å². The van der Waals surface area contributed by atoms with Crippen molar-refractivity contribution >= 4 is 15.9 Å². The van der Waals surface area contributed by atoms with E-state index < -0.39 is 0 Å². The Bertz CT molecular complexity index is 247. The minimum atomic E-state index is 0.696. The van der Waals surface area contributed by atoms with Crippen molar-refractivity contribution in [2.24, 2.45) is 5.92 Å². The fraction of sp³-hybridized carbons (Fsp3) is 0.400. The van der Waals surface area contributed by atoms with Crippen molar-refractivity contribution in [1.29, 1.82) is 0 Å². The summed E-state index contributed by atoms with van der Waals surface area (Å²) in [5.74, 6) is 1.70. The molecule has 2 atom stereocenters. The molecule has 0 unspecified atom stereocenters. The maximum atomic E-state index is 5.57. The molecule has 1 aliphatic rings. The second kappa shape index (κ2) is 3.48. The molecule has 1 aliphatic carbocycles. The number of alkyl halides is 1. The van der Waals surface area contributed by atoms with Crippen LogP contribution in [0.5, 0.6) is 5.75 Å². The average molecular weight is 227 g/mol. The predicted molar refractivity (Wildman–Crippen MR) is 52.8 cm³/mol. The van der Waals surface area contributed by atoms with Crippen molar-refractivity contribution < 1.29 is 4.74 Å². The van der Waals surface area contributed by atoms with Crippen molar-refractivity contribution in [2.45, 2.75) is 11.2 Å². The zero-order valence-electron chi connectivity index (χ0n) is 6.74. The Morgan fingerprint density at radius 1 is 1.33 bits per heavy atom. The number of hydrogen-bond donors (Lipinski definition) is 0. The molecule has 1 saturated carbocycles. The summed E-state index contributed by atoms with van der Waals surface area (Å²) in [6, 6.07) is 9.97. The molecule has 1 aromatic rings. The van der Waals surface area contributed by atoms with Crippen LogP contribution in [0, 0.1) is 5.92 Å². The fourth-order valence-electron chi connectivity index (χ4n) is 1.10. The number of benzene rings is 1. The second-order valence-electron chi connectivity index (χ2n) is 3.14. The highest BCUT2D eigenvalue weighted by molar-refractivity contribution is 9.09. The van der Waals surface area contributed by atoms with Crippen molar-refractivity contribution in [2.75, 3.05) is 6.61 Å². The Hall–Kier alpha value is -0.500. The van der Waals surface area contributed by atoms with Gasteiger partial charge in [-0.3, -0.25) is 0 Å². The van der Waals surface area contributed by atoms with Crippen LogP contribution in [0.3, 0.4) is 0 Å². The minimum Gasteiger partial charge on any atom is -0.493 e. The number of ether oxygens (including phenoxy) is 1. The molecule has 0 radical (unpaired) electrons. The first-order valence-corrected chi connectivity index (χ1v) is 5.10. The normalized spacial score (nSPS) is 26.8. The van der Waals surface area contributed by atoms with Crippen LogP contribution in [0.2, 0.25) is 0 Å². The van der Waals surface area contributed by atoms with E-state index in [1.54, 1.807) is 0 Å². The van der Waals surface area contributed by atoms with Crippen LogP contribution in [0.1, 0.15) is 6.42 Å². The first-order valence-electron chi connectivity index (χ1n) is 4.18. The third-order valence-electron chi connectivity index (χ3n) is 2.04. The molecular weight excluding hydrogens is 216 g/mol. The van der Waals surface area contributed by atoms with Gasteiger partial charge >= 0.3 is 0 Å². The summed E-state index contributed by atoms with van der Waals surface area (Å²) < 4.78 is 5.57. The molecule has 2 heteroatoms. The summed E-state index contributed by atoms with van der Waals surface area (Å²) in [5.41, 5.74) is 0. The maximum Gasteiger partial charge on any atom is 0.119 e. The molecule has 64 valence electrons. The quantitative estimate of drug-likeness (QED) is 0.721. The molecule has 1 nitrogen and oxygen atoms in total. The third-order valence-corrected chi connectivity index (χ3v) is 3.17. The second-order valence-corrected chi connectivity index (χ2v) is 4.31. The van der Waals surface area contributed by atoms with Gasteiger partial charge in [0.15, 0.2) is 0 Å². The van der Waals surface area contributed by atoms with Gasteiger partial charge in [-0.1, -0.05) is 34.1 Å². The lowest BCUT2D eigenvalue weighted by molar-refractivity contribution is 0.300. The maximum absolute atomic E-state index is 5.57. The molecule has 1 aromatic carbocycles. The van der Waals surface area contributed by atoms with Crippen LogP contribution in [0.15, 0.2) is 30.3 Å². The van der Waals surface area contributed by atoms with Crippen molar-refractivity contribution in [3.05, 3.63) is 30.3 Å². The molecule has 0 bridgehead atoms. The zero-order valence-corrected chi connectivity index (χ0v) is 8.33. The van der Waals surface area contributed by atoms with Gasteiger partial charge in [0.25, 0.3) is 0 Å². The summed E-state index contributed by atoms with van der Waals surface area (Å²) in [6.45, 7) is 0.847. The number of hydrogen-bond acceptors (Lipinski definition) is 1. The number of para-hydroxylation sites is 1. The van der Waals surface area contributed by atoms with E-state index in [0.717, 1.165) is 18.3 Å². The fourth-order valence-corrected chi connectivity index (χ4v) is 1.74. The molecule has 12 heavy (non-hydrogen) atoms. The van der Waals surface area contributed by atoms with Crippen LogP contribution in [0.25, 0.3) is 0 Å². The first-order chi connectivity index (χ1) is 5.86. The van der Waals surface area contributed by atoms with E-state index in [1.165, 1.54) is 6.42 Å². The van der Waals surface area contributed by atoms with Crippen LogP contribution in [0.4, 0.5) is 0 Å². The van der Waals surface area contributed by atoms with Gasteiger partial charge in [0.1, 0.15) is 5.75 Å². The van der Waals surface area contributed by atoms with E-state index in [1.807, 2.05) is 30.3 Å². The number of rotatable bonds is 3. The van der Waals surface area contributed by atoms with Gasteiger partial charge in [-0.2, -0.15) is 0 Å². The lowest BCUT2D eigenvalue weighted by Gasteiger charge is -2.03. The Balaban J connectivity index is 1.80. The standard InChI is InChI=1S/C10H11BrO/c11-10-6-8(10)7-12-9-4-2-1-3-5-9/h1-5,8,10H,6-7H2/t8-,10+/m0/s1. The van der Waals surface area contributed by atoms with Gasteiger partial charge in [0.05, 0.1) is 6.61 Å². The molecular formula is C10H11BrO. The van der Waals surface area contributed by atoms with Gasteiger partial charge in [-0.05, 0) is 18.6 Å². The van der Waals surface area contributed by atoms with Crippen LogP contribution < -0.4 is 4.74 Å². The Labute approximate surface area is 80.9 Å². The van der Waals surface area contributed by atoms with E-state index in [2.05, 4.69) is 15.9 Å². The largest absolute Gasteiger partial charge is 0.493 e. The van der Waals surface area contributed by atoms with E-state index >= 15 is 0 Å². The van der Waals surface area contributed by atoms with E-state index in [9.17, 15) is 0 Å². The molecule has 0 aromatic heterocycles. The molecule has 0 N–H and O–H groups in total. The lowest BCUT2D eigenvalue weighted by atomic mass is 10.3. The van der Waals surface area contributed by atoms with Gasteiger partial charge in [-0.15, -0.1) is 0 Å². The molecule has 0 amide bonds. The highest BCUT2D eigenvalue weighted by Crippen LogP contribution is 2.37. The van der Waals surface area contributed by atoms with E-state index in [4.69, 9.17) is 4.74 Å². The Morgan fingerprint density at radius 2 is 2.00 bits per heavy atom. The summed E-state index contributed by atoms with van der Waals surface area (Å²) in [6.07, 6.45) is 1.26. The molecule has 1 fully saturated rings. The van der Waals surface area contributed by atoms with Gasteiger partial charge in [0.2, 0.25) is 0 Å². The third kappa shape index (κ3) is 2.01. The highest BCUT2D eigenvalue weighted by Gasteiger charge is 2.34. The number of halogens is 1. The van der Waals surface area contributed by atoms with Crippen LogP contribution >= 0.6 is 15.9 Å². The van der Waals surface area contributed by atoms with E-state index in [-0.39, 0.29) is 0 Å². The molecule has 2 rings (SSSR count). The molecule has 0 saturated heterocycles. The topological polar surface area (TPSA) is 9.23 Å². The van der Waals surface area contributed by atoms with Crippen molar-refractivity contribution in [3.63, 3.8) is 0 Å². The summed E-state index contributed by atoms with van der Waals surface area (Å²) in [4.78, 5) is 0.696. The smallest absolute Gasteiger partial charge is 0.119 e. The Kier molecular flexibility index (Phi) is 2.35. The zero-order chi connectivity index (χ0) is 8.39. The van der Waals surface area contributed by atoms with Crippen molar-refractivity contribution in [3.8, 4) is 5.75 Å². The minimum absolute atomic E-state index is 0.696.